The second-order valence-electron chi connectivity index (χ2n) is 4.64. The van der Waals surface area contributed by atoms with Crippen molar-refractivity contribution in [1.29, 1.82) is 0 Å². The Kier molecular flexibility index (Phi) is 7.16. The molecule has 118 valence electrons. The second kappa shape index (κ2) is 8.38. The summed E-state index contributed by atoms with van der Waals surface area (Å²) in [6.07, 6.45) is 2.33. The summed E-state index contributed by atoms with van der Waals surface area (Å²) in [5, 5.41) is 1.49. The maximum Gasteiger partial charge on any atom is 0.252 e. The minimum atomic E-state index is -3.71. The molecule has 0 spiro atoms. The van der Waals surface area contributed by atoms with Crippen LogP contribution in [0.5, 0.6) is 0 Å². The van der Waals surface area contributed by atoms with Crippen LogP contribution in [0.15, 0.2) is 35.2 Å². The first-order chi connectivity index (χ1) is 9.86. The van der Waals surface area contributed by atoms with Gasteiger partial charge in [-0.3, -0.25) is 10.2 Å². The van der Waals surface area contributed by atoms with Crippen LogP contribution >= 0.6 is 11.8 Å². The third-order valence-corrected chi connectivity index (χ3v) is 4.74. The number of amides is 1. The molecule has 0 aliphatic rings. The van der Waals surface area contributed by atoms with Crippen molar-refractivity contribution in [3.05, 3.63) is 30.3 Å². The van der Waals surface area contributed by atoms with Gasteiger partial charge < -0.3 is 0 Å². The zero-order valence-electron chi connectivity index (χ0n) is 12.4. The number of nitrogens with one attached hydrogen (secondary N) is 2. The fourth-order valence-electron chi connectivity index (χ4n) is 1.63. The number of thioether (sulfide) groups is 1. The highest BCUT2D eigenvalue weighted by atomic mass is 32.2. The van der Waals surface area contributed by atoms with E-state index in [-0.39, 0.29) is 10.8 Å². The van der Waals surface area contributed by atoms with Gasteiger partial charge in [0.2, 0.25) is 10.0 Å². The lowest BCUT2D eigenvalue weighted by molar-refractivity contribution is -0.126. The quantitative estimate of drug-likeness (QED) is 0.685. The molecule has 0 saturated heterocycles. The Balaban J connectivity index is 2.87. The Bertz CT molecular complexity index is 547. The molecule has 0 saturated carbocycles. The first-order valence-electron chi connectivity index (χ1n) is 6.41. The van der Waals surface area contributed by atoms with Crippen molar-refractivity contribution >= 4 is 27.7 Å². The predicted octanol–water partition coefficient (Wildman–Crippen LogP) is 0.679. The van der Waals surface area contributed by atoms with Gasteiger partial charge >= 0.3 is 0 Å². The fourth-order valence-corrected chi connectivity index (χ4v) is 3.35. The van der Waals surface area contributed by atoms with E-state index in [1.54, 1.807) is 44.1 Å². The molecule has 0 aliphatic heterocycles. The van der Waals surface area contributed by atoms with Crippen LogP contribution in [-0.2, 0) is 14.8 Å². The summed E-state index contributed by atoms with van der Waals surface area (Å²) >= 11 is 1.56. The lowest BCUT2D eigenvalue weighted by Crippen LogP contribution is -2.50. The molecule has 6 nitrogen and oxygen atoms in total. The summed E-state index contributed by atoms with van der Waals surface area (Å²) in [7, 11) is -0.358. The molecule has 0 bridgehead atoms. The van der Waals surface area contributed by atoms with Crippen molar-refractivity contribution in [2.24, 2.45) is 0 Å². The maximum absolute atomic E-state index is 12.3. The van der Waals surface area contributed by atoms with Gasteiger partial charge in [0.15, 0.2) is 0 Å². The van der Waals surface area contributed by atoms with E-state index in [2.05, 4.69) is 10.1 Å². The number of benzene rings is 1. The largest absolute Gasteiger partial charge is 0.288 e. The molecule has 21 heavy (non-hydrogen) atoms. The van der Waals surface area contributed by atoms with Crippen LogP contribution < -0.4 is 10.1 Å². The summed E-state index contributed by atoms with van der Waals surface area (Å²) in [6.45, 7) is 0. The van der Waals surface area contributed by atoms with E-state index in [4.69, 9.17) is 0 Å². The summed E-state index contributed by atoms with van der Waals surface area (Å²) in [5.41, 5.74) is 2.58. The van der Waals surface area contributed by atoms with Gasteiger partial charge in [-0.2, -0.15) is 16.5 Å². The SMILES string of the molecule is CSCC[C@H](NS(=O)(=O)c1ccccc1)C(=O)NN(C)C. The van der Waals surface area contributed by atoms with Crippen molar-refractivity contribution in [1.82, 2.24) is 15.2 Å². The van der Waals surface area contributed by atoms with Gasteiger partial charge in [-0.15, -0.1) is 0 Å². The Morgan fingerprint density at radius 2 is 1.90 bits per heavy atom. The molecule has 0 heterocycles. The average molecular weight is 331 g/mol. The molecule has 0 fully saturated rings. The monoisotopic (exact) mass is 331 g/mol. The standard InChI is InChI=1S/C13H21N3O3S2/c1-16(2)14-13(17)12(9-10-20-3)15-21(18,19)11-7-5-4-6-8-11/h4-8,12,15H,9-10H2,1-3H3,(H,14,17)/t12-/m0/s1. The maximum atomic E-state index is 12.3. The Hall–Kier alpha value is -1.09. The zero-order chi connectivity index (χ0) is 15.9. The molecule has 1 amide bonds. The van der Waals surface area contributed by atoms with Crippen molar-refractivity contribution < 1.29 is 13.2 Å². The average Bonchev–Trinajstić information content (AvgIpc) is 2.43. The van der Waals surface area contributed by atoms with Crippen LogP contribution in [-0.4, -0.2) is 51.5 Å². The van der Waals surface area contributed by atoms with Gasteiger partial charge in [-0.1, -0.05) is 18.2 Å². The fraction of sp³-hybridized carbons (Fsp3) is 0.462. The van der Waals surface area contributed by atoms with Crippen molar-refractivity contribution in [3.63, 3.8) is 0 Å². The summed E-state index contributed by atoms with van der Waals surface area (Å²) in [4.78, 5) is 12.2. The third-order valence-electron chi connectivity index (χ3n) is 2.61. The van der Waals surface area contributed by atoms with Crippen molar-refractivity contribution in [2.75, 3.05) is 26.1 Å². The van der Waals surface area contributed by atoms with Gasteiger partial charge in [0.05, 0.1) is 4.90 Å². The van der Waals surface area contributed by atoms with Gasteiger partial charge in [0.1, 0.15) is 6.04 Å². The number of carbonyl (C=O) groups excluding carboxylic acids is 1. The first-order valence-corrected chi connectivity index (χ1v) is 9.28. The molecule has 1 atom stereocenters. The topological polar surface area (TPSA) is 78.5 Å². The van der Waals surface area contributed by atoms with Gasteiger partial charge in [0, 0.05) is 14.1 Å². The van der Waals surface area contributed by atoms with Crippen LogP contribution in [0.2, 0.25) is 0 Å². The highest BCUT2D eigenvalue weighted by Gasteiger charge is 2.25. The number of carbonyl (C=O) groups is 1. The first kappa shape index (κ1) is 18.0. The summed E-state index contributed by atoms with van der Waals surface area (Å²) in [6, 6.07) is 7.22. The zero-order valence-corrected chi connectivity index (χ0v) is 14.0. The molecule has 1 aromatic carbocycles. The molecule has 8 heteroatoms. The van der Waals surface area contributed by atoms with Crippen LogP contribution in [0.3, 0.4) is 0 Å². The smallest absolute Gasteiger partial charge is 0.252 e. The number of hydrazine groups is 1. The molecular formula is C13H21N3O3S2. The second-order valence-corrected chi connectivity index (χ2v) is 7.34. The van der Waals surface area contributed by atoms with Crippen molar-refractivity contribution in [2.45, 2.75) is 17.4 Å². The molecule has 0 aliphatic carbocycles. The number of sulfonamides is 1. The Morgan fingerprint density at radius 1 is 1.29 bits per heavy atom. The van der Waals surface area contributed by atoms with Crippen LogP contribution in [0.25, 0.3) is 0 Å². The molecule has 1 rings (SSSR count). The summed E-state index contributed by atoms with van der Waals surface area (Å²) < 4.78 is 27.0. The minimum Gasteiger partial charge on any atom is -0.288 e. The minimum absolute atomic E-state index is 0.150. The summed E-state index contributed by atoms with van der Waals surface area (Å²) in [5.74, 6) is 0.316. The highest BCUT2D eigenvalue weighted by Crippen LogP contribution is 2.10. The normalized spacial score (nSPS) is 13.1. The number of nitrogens with zero attached hydrogens (tertiary/aromatic N) is 1. The van der Waals surface area contributed by atoms with Gasteiger partial charge in [0.25, 0.3) is 5.91 Å². The number of hydrogen-bond acceptors (Lipinski definition) is 5. The lowest BCUT2D eigenvalue weighted by Gasteiger charge is -2.20. The van der Waals surface area contributed by atoms with E-state index in [1.165, 1.54) is 17.1 Å². The van der Waals surface area contributed by atoms with Crippen LogP contribution in [0, 0.1) is 0 Å². The molecule has 0 radical (unpaired) electrons. The molecule has 0 unspecified atom stereocenters. The van der Waals surface area contributed by atoms with Crippen LogP contribution in [0.1, 0.15) is 6.42 Å². The van der Waals surface area contributed by atoms with Crippen LogP contribution in [0.4, 0.5) is 0 Å². The predicted molar refractivity (Wildman–Crippen MR) is 85.4 cm³/mol. The van der Waals surface area contributed by atoms with E-state index in [1.807, 2.05) is 6.26 Å². The third kappa shape index (κ3) is 6.04. The van der Waals surface area contributed by atoms with Gasteiger partial charge in [-0.05, 0) is 30.6 Å². The highest BCUT2D eigenvalue weighted by molar-refractivity contribution is 7.98. The molecule has 2 N–H and O–H groups in total. The van der Waals surface area contributed by atoms with Crippen molar-refractivity contribution in [3.8, 4) is 0 Å². The molecule has 0 aromatic heterocycles. The Labute approximate surface area is 130 Å². The van der Waals surface area contributed by atoms with E-state index < -0.39 is 16.1 Å². The van der Waals surface area contributed by atoms with E-state index >= 15 is 0 Å². The lowest BCUT2D eigenvalue weighted by atomic mass is 10.2. The Morgan fingerprint density at radius 3 is 2.43 bits per heavy atom. The van der Waals surface area contributed by atoms with Gasteiger partial charge in [-0.25, -0.2) is 13.4 Å². The molecular weight excluding hydrogens is 310 g/mol. The van der Waals surface area contributed by atoms with E-state index in [0.29, 0.717) is 12.2 Å². The number of rotatable bonds is 8. The number of hydrogen-bond donors (Lipinski definition) is 2. The molecule has 1 aromatic rings. The van der Waals surface area contributed by atoms with E-state index in [9.17, 15) is 13.2 Å². The van der Waals surface area contributed by atoms with E-state index in [0.717, 1.165) is 0 Å².